The van der Waals surface area contributed by atoms with Crippen LogP contribution in [0.2, 0.25) is 0 Å². The Morgan fingerprint density at radius 2 is 1.86 bits per heavy atom. The maximum Gasteiger partial charge on any atom is 0.376 e. The van der Waals surface area contributed by atoms with Crippen LogP contribution < -0.4 is 5.44 Å². The van der Waals surface area contributed by atoms with Gasteiger partial charge in [-0.3, -0.25) is 4.57 Å². The van der Waals surface area contributed by atoms with Crippen molar-refractivity contribution in [1.82, 2.24) is 10.2 Å². The van der Waals surface area contributed by atoms with Crippen LogP contribution in [0.15, 0.2) is 30.3 Å². The van der Waals surface area contributed by atoms with Gasteiger partial charge >= 0.3 is 7.60 Å². The third kappa shape index (κ3) is 1.65. The minimum absolute atomic E-state index is 0.295. The van der Waals surface area contributed by atoms with Gasteiger partial charge in [-0.1, -0.05) is 18.2 Å². The van der Waals surface area contributed by atoms with Crippen LogP contribution in [0, 0.1) is 0 Å². The number of rotatable bonds is 1. The average Bonchev–Trinajstić information content (AvgIpc) is 2.16. The van der Waals surface area contributed by atoms with Gasteiger partial charge in [-0.05, 0) is 12.1 Å². The Morgan fingerprint density at radius 1 is 1.14 bits per heavy atom. The zero-order valence-corrected chi connectivity index (χ0v) is 7.93. The summed E-state index contributed by atoms with van der Waals surface area (Å²) in [7, 11) is -4.30. The van der Waals surface area contributed by atoms with E-state index in [0.29, 0.717) is 10.9 Å². The number of aromatic nitrogens is 2. The Labute approximate surface area is 79.6 Å². The van der Waals surface area contributed by atoms with Gasteiger partial charge in [-0.15, -0.1) is 10.2 Å². The van der Waals surface area contributed by atoms with Gasteiger partial charge in [-0.2, -0.15) is 0 Å². The molecule has 0 saturated heterocycles. The van der Waals surface area contributed by atoms with Crippen LogP contribution in [-0.2, 0) is 4.57 Å². The van der Waals surface area contributed by atoms with Crippen molar-refractivity contribution in [2.45, 2.75) is 0 Å². The topological polar surface area (TPSA) is 83.3 Å². The molecule has 1 aromatic carbocycles. The normalized spacial score (nSPS) is 11.9. The fourth-order valence-electron chi connectivity index (χ4n) is 1.12. The first-order chi connectivity index (χ1) is 6.57. The highest BCUT2D eigenvalue weighted by Crippen LogP contribution is 2.32. The molecule has 2 rings (SSSR count). The smallest absolute Gasteiger partial charge is 0.320 e. The fraction of sp³-hybridized carbons (Fsp3) is 0. The molecular formula is C8H7N2O3P. The Kier molecular flexibility index (Phi) is 2.07. The Hall–Kier alpha value is -1.29. The summed E-state index contributed by atoms with van der Waals surface area (Å²) in [5, 5.41) is 7.84. The number of hydrogen-bond acceptors (Lipinski definition) is 3. The summed E-state index contributed by atoms with van der Waals surface area (Å²) in [5.74, 6) is 0. The van der Waals surface area contributed by atoms with Crippen molar-refractivity contribution in [3.05, 3.63) is 30.3 Å². The monoisotopic (exact) mass is 210 g/mol. The van der Waals surface area contributed by atoms with Crippen LogP contribution in [0.4, 0.5) is 0 Å². The third-order valence-corrected chi connectivity index (χ3v) is 2.60. The van der Waals surface area contributed by atoms with Gasteiger partial charge in [0.05, 0.1) is 5.52 Å². The summed E-state index contributed by atoms with van der Waals surface area (Å²) in [4.78, 5) is 17.7. The lowest BCUT2D eigenvalue weighted by atomic mass is 10.2. The van der Waals surface area contributed by atoms with Crippen molar-refractivity contribution >= 4 is 23.9 Å². The lowest BCUT2D eigenvalue weighted by molar-refractivity contribution is 0.386. The maximum absolute atomic E-state index is 10.9. The molecule has 0 saturated carbocycles. The highest BCUT2D eigenvalue weighted by molar-refractivity contribution is 7.60. The first-order valence-corrected chi connectivity index (χ1v) is 5.47. The summed E-state index contributed by atoms with van der Waals surface area (Å²) in [5.41, 5.74) is 0.320. The van der Waals surface area contributed by atoms with E-state index in [2.05, 4.69) is 10.2 Å². The standard InChI is InChI=1S/C8H7N2O3P/c11-14(12,13)8-5-6-3-1-2-4-7(6)9-10-8/h1-5H,(H2,11,12,13). The van der Waals surface area contributed by atoms with Crippen molar-refractivity contribution < 1.29 is 14.4 Å². The lowest BCUT2D eigenvalue weighted by Crippen LogP contribution is -2.10. The van der Waals surface area contributed by atoms with E-state index >= 15 is 0 Å². The SMILES string of the molecule is O=P(O)(O)c1cc2ccccc2nn1. The zero-order chi connectivity index (χ0) is 10.2. The molecule has 14 heavy (non-hydrogen) atoms. The molecule has 1 heterocycles. The number of fused-ring (bicyclic) bond motifs is 1. The second-order valence-electron chi connectivity index (χ2n) is 2.81. The van der Waals surface area contributed by atoms with Crippen LogP contribution in [0.5, 0.6) is 0 Å². The van der Waals surface area contributed by atoms with E-state index in [4.69, 9.17) is 9.79 Å². The van der Waals surface area contributed by atoms with Crippen LogP contribution >= 0.6 is 7.60 Å². The van der Waals surface area contributed by atoms with Gasteiger partial charge < -0.3 is 9.79 Å². The molecular weight excluding hydrogens is 203 g/mol. The van der Waals surface area contributed by atoms with Crippen LogP contribution in [0.1, 0.15) is 0 Å². The number of nitrogens with zero attached hydrogens (tertiary/aromatic N) is 2. The zero-order valence-electron chi connectivity index (χ0n) is 7.03. The summed E-state index contributed by atoms with van der Waals surface area (Å²) in [6.07, 6.45) is 0. The molecule has 0 atom stereocenters. The molecule has 72 valence electrons. The largest absolute Gasteiger partial charge is 0.376 e. The lowest BCUT2D eigenvalue weighted by Gasteiger charge is -2.02. The van der Waals surface area contributed by atoms with Crippen molar-refractivity contribution in [2.24, 2.45) is 0 Å². The molecule has 0 fully saturated rings. The van der Waals surface area contributed by atoms with Crippen molar-refractivity contribution in [3.8, 4) is 0 Å². The van der Waals surface area contributed by atoms with Gasteiger partial charge in [0.15, 0.2) is 5.44 Å². The van der Waals surface area contributed by atoms with E-state index in [1.807, 2.05) is 0 Å². The molecule has 6 heteroatoms. The second-order valence-corrected chi connectivity index (χ2v) is 4.35. The van der Waals surface area contributed by atoms with Gasteiger partial charge in [0.1, 0.15) is 0 Å². The van der Waals surface area contributed by atoms with Crippen LogP contribution in [0.25, 0.3) is 10.9 Å². The molecule has 2 aromatic rings. The molecule has 0 radical (unpaired) electrons. The molecule has 2 N–H and O–H groups in total. The van der Waals surface area contributed by atoms with Gasteiger partial charge in [0.2, 0.25) is 0 Å². The van der Waals surface area contributed by atoms with Crippen LogP contribution in [-0.4, -0.2) is 20.0 Å². The van der Waals surface area contributed by atoms with Gasteiger partial charge in [-0.25, -0.2) is 0 Å². The van der Waals surface area contributed by atoms with Crippen molar-refractivity contribution in [2.75, 3.05) is 0 Å². The third-order valence-electron chi connectivity index (χ3n) is 1.78. The van der Waals surface area contributed by atoms with Crippen molar-refractivity contribution in [1.29, 1.82) is 0 Å². The quantitative estimate of drug-likeness (QED) is 0.667. The summed E-state index contributed by atoms with van der Waals surface area (Å²) >= 11 is 0. The molecule has 0 amide bonds. The minimum Gasteiger partial charge on any atom is -0.320 e. The van der Waals surface area contributed by atoms with Gasteiger partial charge in [0, 0.05) is 5.39 Å². The molecule has 5 nitrogen and oxygen atoms in total. The first-order valence-electron chi connectivity index (χ1n) is 3.86. The Morgan fingerprint density at radius 3 is 2.57 bits per heavy atom. The fourth-order valence-corrected chi connectivity index (χ4v) is 1.58. The molecule has 0 bridgehead atoms. The molecule has 0 aliphatic carbocycles. The molecule has 0 spiro atoms. The average molecular weight is 210 g/mol. The van der Waals surface area contributed by atoms with E-state index in [1.165, 1.54) is 6.07 Å². The highest BCUT2D eigenvalue weighted by Gasteiger charge is 2.19. The Bertz CT molecular complexity index is 523. The summed E-state index contributed by atoms with van der Waals surface area (Å²) in [6.45, 7) is 0. The molecule has 0 unspecified atom stereocenters. The predicted molar refractivity (Wildman–Crippen MR) is 51.2 cm³/mol. The first kappa shape index (κ1) is 9.27. The van der Waals surface area contributed by atoms with E-state index < -0.39 is 7.60 Å². The maximum atomic E-state index is 10.9. The molecule has 0 aliphatic heterocycles. The predicted octanol–water partition coefficient (Wildman–Crippen LogP) is 0.433. The number of benzene rings is 1. The van der Waals surface area contributed by atoms with Crippen molar-refractivity contribution in [3.63, 3.8) is 0 Å². The summed E-state index contributed by atoms with van der Waals surface area (Å²) in [6, 6.07) is 8.36. The summed E-state index contributed by atoms with van der Waals surface area (Å²) < 4.78 is 10.9. The molecule has 1 aromatic heterocycles. The minimum atomic E-state index is -4.30. The van der Waals surface area contributed by atoms with E-state index in [-0.39, 0.29) is 5.44 Å². The van der Waals surface area contributed by atoms with Crippen LogP contribution in [0.3, 0.4) is 0 Å². The van der Waals surface area contributed by atoms with E-state index in [1.54, 1.807) is 24.3 Å². The van der Waals surface area contributed by atoms with Gasteiger partial charge in [0.25, 0.3) is 0 Å². The number of hydrogen-bond donors (Lipinski definition) is 2. The second kappa shape index (κ2) is 3.13. The van der Waals surface area contributed by atoms with E-state index in [0.717, 1.165) is 0 Å². The molecule has 0 aliphatic rings. The highest BCUT2D eigenvalue weighted by atomic mass is 31.2. The Balaban J connectivity index is 2.69. The van der Waals surface area contributed by atoms with E-state index in [9.17, 15) is 4.57 Å².